The second kappa shape index (κ2) is 7.46. The van der Waals surface area contributed by atoms with Crippen LogP contribution in [0.1, 0.15) is 49.9 Å². The molecule has 0 spiro atoms. The molecule has 0 aromatic heterocycles. The number of nitrogens with one attached hydrogen (secondary N) is 1. The van der Waals surface area contributed by atoms with Crippen LogP contribution in [-0.4, -0.2) is 24.6 Å². The molecule has 0 radical (unpaired) electrons. The first-order valence-corrected chi connectivity index (χ1v) is 7.85. The van der Waals surface area contributed by atoms with Gasteiger partial charge in [0, 0.05) is 18.2 Å². The molecule has 1 aromatic rings. The quantitative estimate of drug-likeness (QED) is 0.876. The summed E-state index contributed by atoms with van der Waals surface area (Å²) in [6, 6.07) is 7.63. The smallest absolute Gasteiger partial charge is 0.251 e. The minimum atomic E-state index is -0.0386. The van der Waals surface area contributed by atoms with Crippen molar-refractivity contribution in [2.45, 2.75) is 51.7 Å². The second-order valence-electron chi connectivity index (χ2n) is 6.20. The Morgan fingerprint density at radius 3 is 2.95 bits per heavy atom. The molecule has 4 nitrogen and oxygen atoms in total. The third kappa shape index (κ3) is 5.05. The van der Waals surface area contributed by atoms with E-state index in [4.69, 9.17) is 10.5 Å². The van der Waals surface area contributed by atoms with Gasteiger partial charge in [-0.3, -0.25) is 4.79 Å². The van der Waals surface area contributed by atoms with E-state index in [1.54, 1.807) is 6.07 Å². The monoisotopic (exact) mass is 290 g/mol. The van der Waals surface area contributed by atoms with Crippen molar-refractivity contribution in [2.24, 2.45) is 11.7 Å². The number of hydrogen-bond donors (Lipinski definition) is 2. The van der Waals surface area contributed by atoms with Gasteiger partial charge >= 0.3 is 0 Å². The molecule has 116 valence electrons. The summed E-state index contributed by atoms with van der Waals surface area (Å²) >= 11 is 0. The van der Waals surface area contributed by atoms with E-state index in [1.807, 2.05) is 32.0 Å². The molecule has 1 aliphatic carbocycles. The number of nitrogens with two attached hydrogens (primary N) is 1. The van der Waals surface area contributed by atoms with Crippen molar-refractivity contribution in [2.75, 3.05) is 6.54 Å². The summed E-state index contributed by atoms with van der Waals surface area (Å²) in [6.07, 6.45) is 4.55. The Balaban J connectivity index is 1.88. The molecule has 4 heteroatoms. The van der Waals surface area contributed by atoms with Crippen molar-refractivity contribution >= 4 is 5.91 Å². The third-order valence-corrected chi connectivity index (χ3v) is 3.84. The van der Waals surface area contributed by atoms with Crippen LogP contribution in [0.15, 0.2) is 24.3 Å². The zero-order valence-corrected chi connectivity index (χ0v) is 13.0. The lowest BCUT2D eigenvalue weighted by atomic mass is 9.86. The first kappa shape index (κ1) is 15.8. The molecule has 21 heavy (non-hydrogen) atoms. The number of carbonyl (C=O) groups is 1. The van der Waals surface area contributed by atoms with Gasteiger partial charge in [0.2, 0.25) is 0 Å². The van der Waals surface area contributed by atoms with Gasteiger partial charge in [0.1, 0.15) is 5.75 Å². The summed E-state index contributed by atoms with van der Waals surface area (Å²) in [5.74, 6) is 1.20. The maximum absolute atomic E-state index is 12.2. The predicted octanol–water partition coefficient (Wildman–Crippen LogP) is 2.72. The normalized spacial score (nSPS) is 22.1. The third-order valence-electron chi connectivity index (χ3n) is 3.84. The molecule has 1 saturated carbocycles. The lowest BCUT2D eigenvalue weighted by Gasteiger charge is -2.26. The Morgan fingerprint density at radius 1 is 1.43 bits per heavy atom. The highest BCUT2D eigenvalue weighted by Crippen LogP contribution is 2.22. The lowest BCUT2D eigenvalue weighted by Crippen LogP contribution is -2.35. The van der Waals surface area contributed by atoms with E-state index >= 15 is 0 Å². The fraction of sp³-hybridized carbons (Fsp3) is 0.588. The Bertz CT molecular complexity index is 474. The molecule has 1 fully saturated rings. The maximum Gasteiger partial charge on any atom is 0.251 e. The van der Waals surface area contributed by atoms with Gasteiger partial charge < -0.3 is 15.8 Å². The maximum atomic E-state index is 12.2. The van der Waals surface area contributed by atoms with Crippen LogP contribution in [0.25, 0.3) is 0 Å². The molecule has 1 aromatic carbocycles. The van der Waals surface area contributed by atoms with E-state index in [-0.39, 0.29) is 12.0 Å². The summed E-state index contributed by atoms with van der Waals surface area (Å²) in [5.41, 5.74) is 6.63. The minimum Gasteiger partial charge on any atom is -0.491 e. The van der Waals surface area contributed by atoms with E-state index in [0.29, 0.717) is 24.1 Å². The van der Waals surface area contributed by atoms with Gasteiger partial charge in [-0.15, -0.1) is 0 Å². The van der Waals surface area contributed by atoms with Crippen LogP contribution in [0.3, 0.4) is 0 Å². The van der Waals surface area contributed by atoms with Gasteiger partial charge in [0.25, 0.3) is 5.91 Å². The van der Waals surface area contributed by atoms with E-state index < -0.39 is 0 Å². The van der Waals surface area contributed by atoms with Crippen LogP contribution in [0, 0.1) is 5.92 Å². The summed E-state index contributed by atoms with van der Waals surface area (Å²) in [5, 5.41) is 3.02. The van der Waals surface area contributed by atoms with Crippen molar-refractivity contribution < 1.29 is 9.53 Å². The van der Waals surface area contributed by atoms with Crippen molar-refractivity contribution in [3.63, 3.8) is 0 Å². The van der Waals surface area contributed by atoms with Gasteiger partial charge in [-0.25, -0.2) is 0 Å². The van der Waals surface area contributed by atoms with Crippen molar-refractivity contribution in [1.29, 1.82) is 0 Å². The van der Waals surface area contributed by atoms with E-state index in [1.165, 1.54) is 6.42 Å². The van der Waals surface area contributed by atoms with Crippen LogP contribution in [-0.2, 0) is 0 Å². The van der Waals surface area contributed by atoms with Gasteiger partial charge in [0.15, 0.2) is 0 Å². The molecule has 0 saturated heterocycles. The zero-order chi connectivity index (χ0) is 15.2. The highest BCUT2D eigenvalue weighted by atomic mass is 16.5. The Labute approximate surface area is 127 Å². The number of amides is 1. The molecule has 1 aliphatic rings. The average Bonchev–Trinajstić information content (AvgIpc) is 2.44. The summed E-state index contributed by atoms with van der Waals surface area (Å²) in [7, 11) is 0. The Morgan fingerprint density at radius 2 is 2.24 bits per heavy atom. The molecule has 2 atom stereocenters. The molecule has 2 rings (SSSR count). The lowest BCUT2D eigenvalue weighted by molar-refractivity contribution is 0.0941. The fourth-order valence-electron chi connectivity index (χ4n) is 2.84. The Kier molecular flexibility index (Phi) is 5.62. The van der Waals surface area contributed by atoms with E-state index in [2.05, 4.69) is 5.32 Å². The molecule has 0 aliphatic heterocycles. The van der Waals surface area contributed by atoms with Gasteiger partial charge in [0.05, 0.1) is 6.10 Å². The van der Waals surface area contributed by atoms with Crippen molar-refractivity contribution in [3.8, 4) is 5.75 Å². The Hall–Kier alpha value is -1.55. The minimum absolute atomic E-state index is 0.0386. The molecular weight excluding hydrogens is 264 g/mol. The number of benzene rings is 1. The molecule has 0 bridgehead atoms. The number of ether oxygens (including phenoxy) is 1. The number of carbonyl (C=O) groups excluding carboxylic acids is 1. The highest BCUT2D eigenvalue weighted by molar-refractivity contribution is 5.94. The van der Waals surface area contributed by atoms with Gasteiger partial charge in [-0.05, 0) is 57.2 Å². The molecular formula is C17H26N2O2. The molecule has 2 unspecified atom stereocenters. The van der Waals surface area contributed by atoms with Gasteiger partial charge in [-0.2, -0.15) is 0 Å². The van der Waals surface area contributed by atoms with Crippen molar-refractivity contribution in [1.82, 2.24) is 5.32 Å². The second-order valence-corrected chi connectivity index (χ2v) is 6.20. The van der Waals surface area contributed by atoms with Crippen LogP contribution in [0.4, 0.5) is 0 Å². The van der Waals surface area contributed by atoms with Crippen LogP contribution >= 0.6 is 0 Å². The fourth-order valence-corrected chi connectivity index (χ4v) is 2.84. The van der Waals surface area contributed by atoms with Gasteiger partial charge in [-0.1, -0.05) is 12.5 Å². The van der Waals surface area contributed by atoms with E-state index in [0.717, 1.165) is 25.0 Å². The molecule has 1 amide bonds. The summed E-state index contributed by atoms with van der Waals surface area (Å²) in [6.45, 7) is 4.65. The SMILES string of the molecule is CC(C)Oc1cccc(C(=O)NCC2CCCC(N)C2)c1. The topological polar surface area (TPSA) is 64.3 Å². The summed E-state index contributed by atoms with van der Waals surface area (Å²) in [4.78, 5) is 12.2. The van der Waals surface area contributed by atoms with Crippen LogP contribution in [0.2, 0.25) is 0 Å². The molecule has 0 heterocycles. The standard InChI is InChI=1S/C17H26N2O2/c1-12(2)21-16-8-4-6-14(10-16)17(20)19-11-13-5-3-7-15(18)9-13/h4,6,8,10,12-13,15H,3,5,7,9,11,18H2,1-2H3,(H,19,20). The van der Waals surface area contributed by atoms with Crippen molar-refractivity contribution in [3.05, 3.63) is 29.8 Å². The average molecular weight is 290 g/mol. The predicted molar refractivity (Wildman–Crippen MR) is 84.5 cm³/mol. The largest absolute Gasteiger partial charge is 0.491 e. The first-order chi connectivity index (χ1) is 10.0. The number of hydrogen-bond acceptors (Lipinski definition) is 3. The van der Waals surface area contributed by atoms with Crippen LogP contribution < -0.4 is 15.8 Å². The van der Waals surface area contributed by atoms with Crippen LogP contribution in [0.5, 0.6) is 5.75 Å². The van der Waals surface area contributed by atoms with E-state index in [9.17, 15) is 4.79 Å². The number of rotatable bonds is 5. The molecule has 3 N–H and O–H groups in total. The zero-order valence-electron chi connectivity index (χ0n) is 13.0. The highest BCUT2D eigenvalue weighted by Gasteiger charge is 2.19. The first-order valence-electron chi connectivity index (χ1n) is 7.85. The summed E-state index contributed by atoms with van der Waals surface area (Å²) < 4.78 is 5.62.